The Kier molecular flexibility index (Phi) is 4.29. The highest BCUT2D eigenvalue weighted by atomic mass is 16.2. The molecule has 124 valence electrons. The molecule has 2 atom stereocenters. The third-order valence-electron chi connectivity index (χ3n) is 6.34. The Morgan fingerprint density at radius 1 is 0.864 bits per heavy atom. The minimum atomic E-state index is 0.0909. The van der Waals surface area contributed by atoms with E-state index in [1.54, 1.807) is 0 Å². The second-order valence-electron chi connectivity index (χ2n) is 8.06. The van der Waals surface area contributed by atoms with Crippen molar-refractivity contribution in [2.24, 2.45) is 11.8 Å². The molecule has 4 aliphatic rings. The number of likely N-dealkylation sites (tertiary alicyclic amines) is 1. The number of amides is 2. The first-order valence-corrected chi connectivity index (χ1v) is 9.60. The fourth-order valence-corrected chi connectivity index (χ4v) is 4.71. The van der Waals surface area contributed by atoms with Crippen LogP contribution in [-0.2, 0) is 0 Å². The summed E-state index contributed by atoms with van der Waals surface area (Å²) < 4.78 is 0. The molecule has 0 unspecified atom stereocenters. The Balaban J connectivity index is 1.15. The Labute approximate surface area is 134 Å². The normalized spacial score (nSPS) is 34.4. The van der Waals surface area contributed by atoms with Gasteiger partial charge in [-0.05, 0) is 43.9 Å². The Hall–Kier alpha value is -0.770. The summed E-state index contributed by atoms with van der Waals surface area (Å²) in [5, 5.41) is 6.45. The molecule has 22 heavy (non-hydrogen) atoms. The fraction of sp³-hybridized carbons (Fsp3) is 0.944. The zero-order valence-electron chi connectivity index (χ0n) is 13.7. The minimum Gasteiger partial charge on any atom is -0.335 e. The average molecular weight is 305 g/mol. The second kappa shape index (κ2) is 6.38. The van der Waals surface area contributed by atoms with Crippen LogP contribution in [0, 0.1) is 11.8 Å². The molecule has 4 heteroatoms. The van der Waals surface area contributed by atoms with Gasteiger partial charge in [-0.15, -0.1) is 0 Å². The molecule has 0 aromatic heterocycles. The van der Waals surface area contributed by atoms with Gasteiger partial charge in [0.2, 0.25) is 0 Å². The first-order valence-electron chi connectivity index (χ1n) is 9.60. The summed E-state index contributed by atoms with van der Waals surface area (Å²) in [6.45, 7) is 2.34. The van der Waals surface area contributed by atoms with Crippen molar-refractivity contribution in [2.45, 2.75) is 82.3 Å². The van der Waals surface area contributed by atoms with Gasteiger partial charge < -0.3 is 15.5 Å². The van der Waals surface area contributed by atoms with Gasteiger partial charge in [0, 0.05) is 31.2 Å². The number of piperidine rings is 1. The van der Waals surface area contributed by atoms with Gasteiger partial charge in [-0.2, -0.15) is 0 Å². The smallest absolute Gasteiger partial charge is 0.315 e. The summed E-state index contributed by atoms with van der Waals surface area (Å²) in [6, 6.07) is 1.82. The van der Waals surface area contributed by atoms with Crippen LogP contribution in [0.1, 0.15) is 64.2 Å². The molecule has 1 heterocycles. The molecule has 3 aliphatic carbocycles. The number of carbonyl (C=O) groups excluding carboxylic acids is 1. The van der Waals surface area contributed by atoms with Gasteiger partial charge in [0.05, 0.1) is 0 Å². The summed E-state index contributed by atoms with van der Waals surface area (Å²) in [7, 11) is 0. The molecule has 4 fully saturated rings. The molecule has 0 spiro atoms. The molecule has 0 aromatic carbocycles. The van der Waals surface area contributed by atoms with Crippen LogP contribution in [0.2, 0.25) is 0 Å². The van der Waals surface area contributed by atoms with Crippen molar-refractivity contribution in [3.05, 3.63) is 0 Å². The summed E-state index contributed by atoms with van der Waals surface area (Å²) in [5.74, 6) is 1.67. The quantitative estimate of drug-likeness (QED) is 0.839. The summed E-state index contributed by atoms with van der Waals surface area (Å²) in [4.78, 5) is 14.8. The molecule has 0 radical (unpaired) electrons. The summed E-state index contributed by atoms with van der Waals surface area (Å²) in [5.41, 5.74) is 0. The van der Waals surface area contributed by atoms with E-state index in [1.807, 2.05) is 0 Å². The predicted octanol–water partition coefficient (Wildman–Crippen LogP) is 2.88. The first kappa shape index (κ1) is 14.8. The molecule has 3 saturated carbocycles. The monoisotopic (exact) mass is 305 g/mol. The molecule has 2 N–H and O–H groups in total. The lowest BCUT2D eigenvalue weighted by molar-refractivity contribution is 0.185. The summed E-state index contributed by atoms with van der Waals surface area (Å²) in [6.07, 6.45) is 13.3. The molecule has 1 aliphatic heterocycles. The van der Waals surface area contributed by atoms with Gasteiger partial charge in [0.25, 0.3) is 0 Å². The second-order valence-corrected chi connectivity index (χ2v) is 8.06. The maximum atomic E-state index is 12.2. The number of urea groups is 1. The first-order chi connectivity index (χ1) is 10.8. The van der Waals surface area contributed by atoms with Crippen LogP contribution in [0.25, 0.3) is 0 Å². The van der Waals surface area contributed by atoms with E-state index < -0.39 is 0 Å². The lowest BCUT2D eigenvalue weighted by Crippen LogP contribution is -2.49. The molecule has 4 rings (SSSR count). The van der Waals surface area contributed by atoms with Crippen molar-refractivity contribution in [1.82, 2.24) is 15.5 Å². The van der Waals surface area contributed by atoms with Crippen LogP contribution in [0.3, 0.4) is 0 Å². The maximum Gasteiger partial charge on any atom is 0.315 e. The van der Waals surface area contributed by atoms with Gasteiger partial charge in [-0.1, -0.05) is 32.1 Å². The lowest BCUT2D eigenvalue weighted by atomic mass is 9.85. The molecule has 0 aromatic rings. The van der Waals surface area contributed by atoms with Crippen molar-refractivity contribution in [3.8, 4) is 0 Å². The van der Waals surface area contributed by atoms with Gasteiger partial charge >= 0.3 is 6.03 Å². The zero-order chi connectivity index (χ0) is 14.9. The standard InChI is InChI=1S/C18H31N3O/c22-18(19-14-8-10-21(11-9-14)15-6-7-15)20-17-12-16(17)13-4-2-1-3-5-13/h13-17H,1-12H2,(H2,19,20,22)/t16-,17+/m0/s1. The van der Waals surface area contributed by atoms with Crippen LogP contribution in [0.4, 0.5) is 4.79 Å². The van der Waals surface area contributed by atoms with Gasteiger partial charge in [0.1, 0.15) is 0 Å². The van der Waals surface area contributed by atoms with Crippen LogP contribution < -0.4 is 10.6 Å². The largest absolute Gasteiger partial charge is 0.335 e. The molecular weight excluding hydrogens is 274 g/mol. The highest BCUT2D eigenvalue weighted by molar-refractivity contribution is 5.75. The van der Waals surface area contributed by atoms with Crippen molar-refractivity contribution in [2.75, 3.05) is 13.1 Å². The number of hydrogen-bond donors (Lipinski definition) is 2. The third-order valence-corrected chi connectivity index (χ3v) is 6.34. The van der Waals surface area contributed by atoms with Crippen molar-refractivity contribution in [1.29, 1.82) is 0 Å². The lowest BCUT2D eigenvalue weighted by Gasteiger charge is -2.32. The van der Waals surface area contributed by atoms with Crippen LogP contribution in [0.5, 0.6) is 0 Å². The van der Waals surface area contributed by atoms with E-state index in [2.05, 4.69) is 15.5 Å². The van der Waals surface area contributed by atoms with Gasteiger partial charge in [-0.25, -0.2) is 4.79 Å². The van der Waals surface area contributed by atoms with Crippen molar-refractivity contribution >= 4 is 6.03 Å². The van der Waals surface area contributed by atoms with E-state index >= 15 is 0 Å². The van der Waals surface area contributed by atoms with E-state index in [0.29, 0.717) is 12.1 Å². The molecule has 1 saturated heterocycles. The zero-order valence-corrected chi connectivity index (χ0v) is 13.7. The Morgan fingerprint density at radius 3 is 2.27 bits per heavy atom. The van der Waals surface area contributed by atoms with E-state index in [9.17, 15) is 4.79 Å². The Morgan fingerprint density at radius 2 is 1.59 bits per heavy atom. The van der Waals surface area contributed by atoms with E-state index in [1.165, 1.54) is 64.5 Å². The van der Waals surface area contributed by atoms with Crippen LogP contribution in [-0.4, -0.2) is 42.1 Å². The Bertz CT molecular complexity index is 395. The van der Waals surface area contributed by atoms with Crippen molar-refractivity contribution < 1.29 is 4.79 Å². The average Bonchev–Trinajstić information content (AvgIpc) is 3.44. The third kappa shape index (κ3) is 3.58. The van der Waals surface area contributed by atoms with Crippen LogP contribution >= 0.6 is 0 Å². The van der Waals surface area contributed by atoms with Gasteiger partial charge in [0.15, 0.2) is 0 Å². The van der Waals surface area contributed by atoms with Crippen LogP contribution in [0.15, 0.2) is 0 Å². The van der Waals surface area contributed by atoms with E-state index in [-0.39, 0.29) is 6.03 Å². The number of nitrogens with zero attached hydrogens (tertiary/aromatic N) is 1. The molecular formula is C18H31N3O. The SMILES string of the molecule is O=C(NC1CCN(C2CC2)CC1)N[C@@H]1C[C@H]1C1CCCCC1. The summed E-state index contributed by atoms with van der Waals surface area (Å²) >= 11 is 0. The number of rotatable bonds is 4. The molecule has 4 nitrogen and oxygen atoms in total. The molecule has 0 bridgehead atoms. The highest BCUT2D eigenvalue weighted by Gasteiger charge is 2.44. The van der Waals surface area contributed by atoms with E-state index in [4.69, 9.17) is 0 Å². The molecule has 2 amide bonds. The van der Waals surface area contributed by atoms with E-state index in [0.717, 1.165) is 30.7 Å². The fourth-order valence-electron chi connectivity index (χ4n) is 4.71. The topological polar surface area (TPSA) is 44.4 Å². The van der Waals surface area contributed by atoms with Gasteiger partial charge in [-0.3, -0.25) is 0 Å². The number of nitrogens with one attached hydrogen (secondary N) is 2. The predicted molar refractivity (Wildman–Crippen MR) is 87.8 cm³/mol. The highest BCUT2D eigenvalue weighted by Crippen LogP contribution is 2.44. The number of carbonyl (C=O) groups is 1. The minimum absolute atomic E-state index is 0.0909. The van der Waals surface area contributed by atoms with Crippen molar-refractivity contribution in [3.63, 3.8) is 0 Å². The number of hydrogen-bond acceptors (Lipinski definition) is 2. The maximum absolute atomic E-state index is 12.2.